The van der Waals surface area contributed by atoms with Crippen LogP contribution in [-0.2, 0) is 19.4 Å². The van der Waals surface area contributed by atoms with Crippen molar-refractivity contribution in [3.8, 4) is 0 Å². The molecular formula is C18H17ClN2. The zero-order valence-electron chi connectivity index (χ0n) is 11.7. The zero-order valence-corrected chi connectivity index (χ0v) is 12.5. The van der Waals surface area contributed by atoms with Gasteiger partial charge in [-0.2, -0.15) is 0 Å². The molecule has 0 radical (unpaired) electrons. The van der Waals surface area contributed by atoms with Crippen LogP contribution in [0.5, 0.6) is 0 Å². The lowest BCUT2D eigenvalue weighted by Crippen LogP contribution is -1.99. The van der Waals surface area contributed by atoms with Crippen LogP contribution in [0, 0.1) is 0 Å². The first-order valence-electron chi connectivity index (χ1n) is 7.41. The molecule has 1 aliphatic rings. The predicted molar refractivity (Wildman–Crippen MR) is 89.1 cm³/mol. The molecule has 106 valence electrons. The standard InChI is InChI=1S/C18H17ClN2/c19-15-5-7-17-14(11-21-18(17)9-15)10-20-16-6-4-12-2-1-3-13(12)8-16/h4-9,11,20-21H,1-3,10H2. The van der Waals surface area contributed by atoms with Gasteiger partial charge in [0.15, 0.2) is 0 Å². The maximum atomic E-state index is 6.02. The minimum Gasteiger partial charge on any atom is -0.381 e. The largest absolute Gasteiger partial charge is 0.381 e. The molecule has 0 unspecified atom stereocenters. The molecule has 21 heavy (non-hydrogen) atoms. The fourth-order valence-electron chi connectivity index (χ4n) is 3.18. The van der Waals surface area contributed by atoms with Crippen molar-refractivity contribution in [2.75, 3.05) is 5.32 Å². The number of H-pyrrole nitrogens is 1. The molecule has 0 spiro atoms. The molecule has 1 aromatic heterocycles. The highest BCUT2D eigenvalue weighted by molar-refractivity contribution is 6.31. The molecule has 3 heteroatoms. The molecule has 1 heterocycles. The van der Waals surface area contributed by atoms with Crippen LogP contribution in [-0.4, -0.2) is 4.98 Å². The molecule has 2 aromatic carbocycles. The minimum absolute atomic E-state index is 0.766. The highest BCUT2D eigenvalue weighted by Crippen LogP contribution is 2.26. The summed E-state index contributed by atoms with van der Waals surface area (Å²) in [6.07, 6.45) is 5.80. The van der Waals surface area contributed by atoms with E-state index in [4.69, 9.17) is 11.6 Å². The van der Waals surface area contributed by atoms with E-state index in [2.05, 4.69) is 40.8 Å². The highest BCUT2D eigenvalue weighted by atomic mass is 35.5. The van der Waals surface area contributed by atoms with E-state index in [9.17, 15) is 0 Å². The summed E-state index contributed by atoms with van der Waals surface area (Å²) < 4.78 is 0. The summed E-state index contributed by atoms with van der Waals surface area (Å²) in [5.74, 6) is 0. The Morgan fingerprint density at radius 3 is 2.90 bits per heavy atom. The third-order valence-electron chi connectivity index (χ3n) is 4.31. The van der Waals surface area contributed by atoms with E-state index in [1.165, 1.54) is 47.0 Å². The number of anilines is 1. The predicted octanol–water partition coefficient (Wildman–Crippen LogP) is 4.92. The van der Waals surface area contributed by atoms with Gasteiger partial charge in [0.05, 0.1) is 0 Å². The molecule has 2 N–H and O–H groups in total. The number of aromatic nitrogens is 1. The number of benzene rings is 2. The van der Waals surface area contributed by atoms with Gasteiger partial charge in [-0.15, -0.1) is 0 Å². The van der Waals surface area contributed by atoms with E-state index in [0.717, 1.165) is 17.1 Å². The molecule has 3 aromatic rings. The first-order chi connectivity index (χ1) is 10.3. The fourth-order valence-corrected chi connectivity index (χ4v) is 3.36. The smallest absolute Gasteiger partial charge is 0.0472 e. The first kappa shape index (κ1) is 12.8. The van der Waals surface area contributed by atoms with Crippen molar-refractivity contribution in [1.29, 1.82) is 0 Å². The summed E-state index contributed by atoms with van der Waals surface area (Å²) in [6.45, 7) is 0.820. The number of hydrogen-bond acceptors (Lipinski definition) is 1. The van der Waals surface area contributed by atoms with Crippen LogP contribution in [0.4, 0.5) is 5.69 Å². The van der Waals surface area contributed by atoms with Crippen LogP contribution in [0.25, 0.3) is 10.9 Å². The van der Waals surface area contributed by atoms with Gasteiger partial charge in [-0.1, -0.05) is 23.7 Å². The van der Waals surface area contributed by atoms with E-state index in [0.29, 0.717) is 0 Å². The number of aromatic amines is 1. The maximum absolute atomic E-state index is 6.02. The quantitative estimate of drug-likeness (QED) is 0.705. The second-order valence-electron chi connectivity index (χ2n) is 5.69. The van der Waals surface area contributed by atoms with Crippen molar-refractivity contribution in [3.63, 3.8) is 0 Å². The Balaban J connectivity index is 1.55. The number of rotatable bonds is 3. The highest BCUT2D eigenvalue weighted by Gasteiger charge is 2.11. The van der Waals surface area contributed by atoms with Gasteiger partial charge < -0.3 is 10.3 Å². The van der Waals surface area contributed by atoms with Gasteiger partial charge >= 0.3 is 0 Å². The average Bonchev–Trinajstić information content (AvgIpc) is 3.10. The second kappa shape index (κ2) is 5.12. The molecule has 0 fully saturated rings. The molecule has 0 saturated heterocycles. The van der Waals surface area contributed by atoms with Crippen molar-refractivity contribution in [1.82, 2.24) is 4.98 Å². The average molecular weight is 297 g/mol. The Hall–Kier alpha value is -1.93. The summed E-state index contributed by atoms with van der Waals surface area (Å²) >= 11 is 6.02. The summed E-state index contributed by atoms with van der Waals surface area (Å²) in [6, 6.07) is 12.7. The van der Waals surface area contributed by atoms with Crippen molar-refractivity contribution in [2.24, 2.45) is 0 Å². The maximum Gasteiger partial charge on any atom is 0.0472 e. The van der Waals surface area contributed by atoms with E-state index in [1.54, 1.807) is 0 Å². The third-order valence-corrected chi connectivity index (χ3v) is 4.55. The minimum atomic E-state index is 0.766. The summed E-state index contributed by atoms with van der Waals surface area (Å²) in [7, 11) is 0. The zero-order chi connectivity index (χ0) is 14.2. The van der Waals surface area contributed by atoms with Gasteiger partial charge in [0, 0.05) is 34.4 Å². The summed E-state index contributed by atoms with van der Waals surface area (Å²) in [4.78, 5) is 3.28. The Bertz CT molecular complexity index is 804. The normalized spacial score (nSPS) is 13.6. The molecule has 1 aliphatic carbocycles. The SMILES string of the molecule is Clc1ccc2c(CNc3ccc4c(c3)CCC4)c[nH]c2c1. The van der Waals surface area contributed by atoms with Gasteiger partial charge in [0.2, 0.25) is 0 Å². The van der Waals surface area contributed by atoms with Crippen LogP contribution in [0.1, 0.15) is 23.1 Å². The van der Waals surface area contributed by atoms with Crippen LogP contribution in [0.2, 0.25) is 5.02 Å². The third kappa shape index (κ3) is 2.40. The number of halogens is 1. The van der Waals surface area contributed by atoms with Gasteiger partial charge in [-0.25, -0.2) is 0 Å². The Morgan fingerprint density at radius 1 is 1.05 bits per heavy atom. The van der Waals surface area contributed by atoms with Gasteiger partial charge in [-0.05, 0) is 60.2 Å². The van der Waals surface area contributed by atoms with E-state index < -0.39 is 0 Å². The second-order valence-corrected chi connectivity index (χ2v) is 6.13. The molecule has 0 atom stereocenters. The van der Waals surface area contributed by atoms with Crippen molar-refractivity contribution < 1.29 is 0 Å². The molecule has 4 rings (SSSR count). The lowest BCUT2D eigenvalue weighted by atomic mass is 10.1. The monoisotopic (exact) mass is 296 g/mol. The summed E-state index contributed by atoms with van der Waals surface area (Å²) in [5.41, 5.74) is 6.59. The molecule has 0 saturated carbocycles. The number of aryl methyl sites for hydroxylation is 2. The van der Waals surface area contributed by atoms with Crippen LogP contribution < -0.4 is 5.32 Å². The van der Waals surface area contributed by atoms with Crippen LogP contribution in [0.15, 0.2) is 42.6 Å². The Morgan fingerprint density at radius 2 is 1.95 bits per heavy atom. The topological polar surface area (TPSA) is 27.8 Å². The number of nitrogens with one attached hydrogen (secondary N) is 2. The molecule has 0 aliphatic heterocycles. The van der Waals surface area contributed by atoms with E-state index in [-0.39, 0.29) is 0 Å². The first-order valence-corrected chi connectivity index (χ1v) is 7.78. The number of fused-ring (bicyclic) bond motifs is 2. The van der Waals surface area contributed by atoms with E-state index in [1.807, 2.05) is 12.1 Å². The van der Waals surface area contributed by atoms with Crippen LogP contribution in [0.3, 0.4) is 0 Å². The van der Waals surface area contributed by atoms with Crippen molar-refractivity contribution in [3.05, 3.63) is 64.3 Å². The molecule has 0 bridgehead atoms. The van der Waals surface area contributed by atoms with Crippen LogP contribution >= 0.6 is 11.6 Å². The van der Waals surface area contributed by atoms with Gasteiger partial charge in [-0.3, -0.25) is 0 Å². The molecule has 0 amide bonds. The fraction of sp³-hybridized carbons (Fsp3) is 0.222. The Labute approximate surface area is 129 Å². The summed E-state index contributed by atoms with van der Waals surface area (Å²) in [5, 5.41) is 5.53. The molecule has 2 nitrogen and oxygen atoms in total. The van der Waals surface area contributed by atoms with Crippen molar-refractivity contribution in [2.45, 2.75) is 25.8 Å². The molecular weight excluding hydrogens is 280 g/mol. The Kier molecular flexibility index (Phi) is 3.12. The van der Waals surface area contributed by atoms with Crippen molar-refractivity contribution >= 4 is 28.2 Å². The van der Waals surface area contributed by atoms with E-state index >= 15 is 0 Å². The number of hydrogen-bond donors (Lipinski definition) is 2. The lowest BCUT2D eigenvalue weighted by molar-refractivity contribution is 0.912. The van der Waals surface area contributed by atoms with Gasteiger partial charge in [0.1, 0.15) is 0 Å². The van der Waals surface area contributed by atoms with Gasteiger partial charge in [0.25, 0.3) is 0 Å². The lowest BCUT2D eigenvalue weighted by Gasteiger charge is -2.08.